The van der Waals surface area contributed by atoms with Crippen LogP contribution in [0.5, 0.6) is 0 Å². The first kappa shape index (κ1) is 13.4. The van der Waals surface area contributed by atoms with Crippen molar-refractivity contribution in [2.24, 2.45) is 0 Å². The monoisotopic (exact) mass is 275 g/mol. The minimum Gasteiger partial charge on any atom is -0.303 e. The van der Waals surface area contributed by atoms with Gasteiger partial charge in [0.1, 0.15) is 11.6 Å². The quantitative estimate of drug-likeness (QED) is 0.850. The van der Waals surface area contributed by atoms with Crippen LogP contribution in [0.3, 0.4) is 0 Å². The summed E-state index contributed by atoms with van der Waals surface area (Å²) in [6.45, 7) is 3.51. The van der Waals surface area contributed by atoms with E-state index in [1.165, 1.54) is 0 Å². The Balaban J connectivity index is 2.38. The predicted molar refractivity (Wildman–Crippen MR) is 65.0 cm³/mol. The second-order valence-corrected chi connectivity index (χ2v) is 7.45. The zero-order valence-electron chi connectivity index (χ0n) is 10.2. The number of halogens is 2. The van der Waals surface area contributed by atoms with E-state index in [0.717, 1.165) is 18.2 Å². The molecule has 0 spiro atoms. The molecule has 1 saturated heterocycles. The molecule has 0 radical (unpaired) electrons. The minimum absolute atomic E-state index is 0.0221. The maximum absolute atomic E-state index is 13.2. The van der Waals surface area contributed by atoms with Crippen molar-refractivity contribution in [1.82, 2.24) is 5.32 Å². The van der Waals surface area contributed by atoms with Gasteiger partial charge in [0.05, 0.1) is 11.5 Å². The van der Waals surface area contributed by atoms with Gasteiger partial charge in [-0.25, -0.2) is 17.2 Å². The van der Waals surface area contributed by atoms with Crippen LogP contribution in [0.1, 0.15) is 25.5 Å². The minimum atomic E-state index is -3.22. The molecule has 18 heavy (non-hydrogen) atoms. The Hall–Kier alpha value is -1.01. The van der Waals surface area contributed by atoms with E-state index in [1.54, 1.807) is 13.8 Å². The molecule has 1 aliphatic heterocycles. The van der Waals surface area contributed by atoms with Crippen LogP contribution in [0.25, 0.3) is 0 Å². The lowest BCUT2D eigenvalue weighted by Gasteiger charge is -2.37. The molecular formula is C12H15F2NO2S. The number of rotatable bonds is 1. The number of hydrogen-bond acceptors (Lipinski definition) is 3. The summed E-state index contributed by atoms with van der Waals surface area (Å²) in [5.41, 5.74) is -0.284. The summed E-state index contributed by atoms with van der Waals surface area (Å²) in [5, 5.41) is 3.11. The Kier molecular flexibility index (Phi) is 3.19. The molecule has 3 nitrogen and oxygen atoms in total. The molecule has 1 fully saturated rings. The molecule has 1 N–H and O–H groups in total. The highest BCUT2D eigenvalue weighted by Crippen LogP contribution is 2.26. The second kappa shape index (κ2) is 4.28. The fourth-order valence-corrected chi connectivity index (χ4v) is 4.46. The summed E-state index contributed by atoms with van der Waals surface area (Å²) in [6, 6.07) is 2.52. The molecule has 100 valence electrons. The van der Waals surface area contributed by atoms with Gasteiger partial charge in [-0.05, 0) is 31.5 Å². The van der Waals surface area contributed by atoms with E-state index in [-0.39, 0.29) is 11.5 Å². The van der Waals surface area contributed by atoms with Gasteiger partial charge in [0, 0.05) is 17.6 Å². The molecule has 0 amide bonds. The van der Waals surface area contributed by atoms with Crippen LogP contribution in [0.2, 0.25) is 0 Å². The topological polar surface area (TPSA) is 46.2 Å². The molecule has 2 rings (SSSR count). The number of nitrogens with one attached hydrogen (secondary N) is 1. The highest BCUT2D eigenvalue weighted by molar-refractivity contribution is 7.91. The first-order valence-electron chi connectivity index (χ1n) is 5.61. The van der Waals surface area contributed by atoms with Crippen LogP contribution >= 0.6 is 0 Å². The van der Waals surface area contributed by atoms with Crippen molar-refractivity contribution >= 4 is 9.84 Å². The van der Waals surface area contributed by atoms with E-state index >= 15 is 0 Å². The van der Waals surface area contributed by atoms with Gasteiger partial charge in [-0.3, -0.25) is 0 Å². The number of hydrogen-bond donors (Lipinski definition) is 1. The summed E-state index contributed by atoms with van der Waals surface area (Å²) in [6.07, 6.45) is 0. The van der Waals surface area contributed by atoms with Crippen molar-refractivity contribution in [1.29, 1.82) is 0 Å². The van der Waals surface area contributed by atoms with Gasteiger partial charge in [-0.2, -0.15) is 0 Å². The van der Waals surface area contributed by atoms with E-state index < -0.39 is 33.1 Å². The van der Waals surface area contributed by atoms with Gasteiger partial charge in [-0.15, -0.1) is 0 Å². The Morgan fingerprint density at radius 1 is 1.22 bits per heavy atom. The van der Waals surface area contributed by atoms with Gasteiger partial charge in [0.25, 0.3) is 0 Å². The molecular weight excluding hydrogens is 260 g/mol. The fourth-order valence-electron chi connectivity index (χ4n) is 2.37. The summed E-state index contributed by atoms with van der Waals surface area (Å²) in [7, 11) is -3.22. The maximum atomic E-state index is 13.2. The Morgan fingerprint density at radius 3 is 2.28 bits per heavy atom. The lowest BCUT2D eigenvalue weighted by molar-refractivity contribution is 0.358. The van der Waals surface area contributed by atoms with E-state index in [1.807, 2.05) is 0 Å². The third kappa shape index (κ3) is 3.05. The van der Waals surface area contributed by atoms with Gasteiger partial charge in [0.15, 0.2) is 9.84 Å². The Labute approximate surface area is 105 Å². The fraction of sp³-hybridized carbons (Fsp3) is 0.500. The van der Waals surface area contributed by atoms with Crippen LogP contribution in [0.15, 0.2) is 18.2 Å². The van der Waals surface area contributed by atoms with Crippen molar-refractivity contribution in [3.63, 3.8) is 0 Å². The van der Waals surface area contributed by atoms with Crippen LogP contribution in [-0.4, -0.2) is 25.5 Å². The van der Waals surface area contributed by atoms with E-state index in [0.29, 0.717) is 5.56 Å². The average molecular weight is 275 g/mol. The van der Waals surface area contributed by atoms with Gasteiger partial charge in [-0.1, -0.05) is 0 Å². The standard InChI is InChI=1S/C12H15F2NO2S/c1-12(2)7-18(16,17)6-11(15-12)8-3-9(13)5-10(14)4-8/h3-5,11,15H,6-7H2,1-2H3. The lowest BCUT2D eigenvalue weighted by Crippen LogP contribution is -2.54. The van der Waals surface area contributed by atoms with Crippen molar-refractivity contribution in [3.05, 3.63) is 35.4 Å². The normalized spacial score (nSPS) is 25.9. The molecule has 0 bridgehead atoms. The van der Waals surface area contributed by atoms with Crippen LogP contribution in [0.4, 0.5) is 8.78 Å². The maximum Gasteiger partial charge on any atom is 0.153 e. The Bertz CT molecular complexity index is 549. The lowest BCUT2D eigenvalue weighted by atomic mass is 10.0. The zero-order chi connectivity index (χ0) is 13.6. The molecule has 6 heteroatoms. The van der Waals surface area contributed by atoms with Crippen molar-refractivity contribution in [2.75, 3.05) is 11.5 Å². The molecule has 1 heterocycles. The predicted octanol–water partition coefficient (Wildman–Crippen LogP) is 1.80. The molecule has 0 saturated carbocycles. The molecule has 1 unspecified atom stereocenters. The molecule has 0 aliphatic carbocycles. The molecule has 1 aliphatic rings. The molecule has 1 aromatic rings. The van der Waals surface area contributed by atoms with Crippen molar-refractivity contribution in [2.45, 2.75) is 25.4 Å². The Morgan fingerprint density at radius 2 is 1.78 bits per heavy atom. The molecule has 1 atom stereocenters. The van der Waals surface area contributed by atoms with Crippen molar-refractivity contribution < 1.29 is 17.2 Å². The van der Waals surface area contributed by atoms with E-state index in [2.05, 4.69) is 5.32 Å². The number of sulfone groups is 1. The van der Waals surface area contributed by atoms with Crippen LogP contribution in [-0.2, 0) is 9.84 Å². The summed E-state index contributed by atoms with van der Waals surface area (Å²) in [4.78, 5) is 0. The third-order valence-electron chi connectivity index (χ3n) is 2.85. The third-order valence-corrected chi connectivity index (χ3v) is 4.86. The van der Waals surface area contributed by atoms with Gasteiger partial charge >= 0.3 is 0 Å². The molecule has 0 aromatic heterocycles. The largest absolute Gasteiger partial charge is 0.303 e. The first-order valence-corrected chi connectivity index (χ1v) is 7.43. The first-order chi connectivity index (χ1) is 8.17. The zero-order valence-corrected chi connectivity index (χ0v) is 11.0. The summed E-state index contributed by atoms with van der Waals surface area (Å²) in [5.74, 6) is -1.52. The second-order valence-electron chi connectivity index (χ2n) is 5.34. The highest BCUT2D eigenvalue weighted by Gasteiger charge is 2.37. The van der Waals surface area contributed by atoms with Crippen molar-refractivity contribution in [3.8, 4) is 0 Å². The number of benzene rings is 1. The smallest absolute Gasteiger partial charge is 0.153 e. The molecule has 1 aromatic carbocycles. The van der Waals surface area contributed by atoms with Gasteiger partial charge in [0.2, 0.25) is 0 Å². The van der Waals surface area contributed by atoms with Crippen LogP contribution < -0.4 is 5.32 Å². The summed E-state index contributed by atoms with van der Waals surface area (Å²) >= 11 is 0. The van der Waals surface area contributed by atoms with E-state index in [9.17, 15) is 17.2 Å². The average Bonchev–Trinajstić information content (AvgIpc) is 2.10. The van der Waals surface area contributed by atoms with Gasteiger partial charge < -0.3 is 5.32 Å². The highest BCUT2D eigenvalue weighted by atomic mass is 32.2. The van der Waals surface area contributed by atoms with Crippen LogP contribution in [0, 0.1) is 11.6 Å². The SMILES string of the molecule is CC1(C)CS(=O)(=O)CC(c2cc(F)cc(F)c2)N1. The summed E-state index contributed by atoms with van der Waals surface area (Å²) < 4.78 is 49.9. The van der Waals surface area contributed by atoms with E-state index in [4.69, 9.17) is 0 Å².